The van der Waals surface area contributed by atoms with Crippen LogP contribution >= 0.6 is 11.3 Å². The number of thiazole rings is 1. The Hall–Kier alpha value is -2.67. The Morgan fingerprint density at radius 3 is 2.87 bits per heavy atom. The van der Waals surface area contributed by atoms with Gasteiger partial charge in [-0.15, -0.1) is 11.3 Å². The maximum Gasteiger partial charge on any atom is 0.254 e. The zero-order valence-electron chi connectivity index (χ0n) is 11.8. The number of rotatable bonds is 4. The van der Waals surface area contributed by atoms with Crippen LogP contribution in [-0.4, -0.2) is 15.9 Å². The molecule has 0 radical (unpaired) electrons. The smallest absolute Gasteiger partial charge is 0.254 e. The Kier molecular flexibility index (Phi) is 4.38. The summed E-state index contributed by atoms with van der Waals surface area (Å²) in [6, 6.07) is 8.26. The van der Waals surface area contributed by atoms with Crippen LogP contribution in [0.25, 0.3) is 10.7 Å². The first-order valence-corrected chi connectivity index (χ1v) is 7.60. The van der Waals surface area contributed by atoms with Gasteiger partial charge in [0, 0.05) is 11.6 Å². The van der Waals surface area contributed by atoms with E-state index in [0.717, 1.165) is 28.9 Å². The van der Waals surface area contributed by atoms with Crippen LogP contribution in [0.5, 0.6) is 0 Å². The summed E-state index contributed by atoms with van der Waals surface area (Å²) >= 11 is 1.40. The molecule has 3 aromatic rings. The van der Waals surface area contributed by atoms with Gasteiger partial charge in [-0.05, 0) is 30.3 Å². The van der Waals surface area contributed by atoms with E-state index in [1.165, 1.54) is 11.3 Å². The van der Waals surface area contributed by atoms with Gasteiger partial charge in [0.15, 0.2) is 0 Å². The van der Waals surface area contributed by atoms with Crippen molar-refractivity contribution in [3.8, 4) is 10.7 Å². The molecule has 23 heavy (non-hydrogen) atoms. The molecule has 0 spiro atoms. The molecule has 3 rings (SSSR count). The fourth-order valence-electron chi connectivity index (χ4n) is 1.93. The molecule has 0 saturated carbocycles. The SMILES string of the molecule is O=C(NCc1csc(-c2ccccn2)n1)c1cc(F)ccc1F. The van der Waals surface area contributed by atoms with Crippen LogP contribution in [0.2, 0.25) is 0 Å². The van der Waals surface area contributed by atoms with Crippen molar-refractivity contribution in [2.24, 2.45) is 0 Å². The van der Waals surface area contributed by atoms with Crippen molar-refractivity contribution in [1.82, 2.24) is 15.3 Å². The summed E-state index contributed by atoms with van der Waals surface area (Å²) < 4.78 is 26.6. The summed E-state index contributed by atoms with van der Waals surface area (Å²) in [4.78, 5) is 20.5. The molecule has 0 aliphatic heterocycles. The molecule has 1 aromatic carbocycles. The summed E-state index contributed by atoms with van der Waals surface area (Å²) in [5.74, 6) is -2.12. The molecule has 0 saturated heterocycles. The van der Waals surface area contributed by atoms with Crippen LogP contribution < -0.4 is 5.32 Å². The molecule has 0 aliphatic rings. The maximum absolute atomic E-state index is 13.5. The van der Waals surface area contributed by atoms with Gasteiger partial charge in [0.1, 0.15) is 16.6 Å². The number of benzene rings is 1. The first-order valence-electron chi connectivity index (χ1n) is 6.72. The van der Waals surface area contributed by atoms with Gasteiger partial charge in [0.05, 0.1) is 23.5 Å². The summed E-state index contributed by atoms with van der Waals surface area (Å²) in [6.45, 7) is 0.123. The van der Waals surface area contributed by atoms with E-state index in [9.17, 15) is 13.6 Å². The van der Waals surface area contributed by atoms with E-state index in [1.54, 1.807) is 11.6 Å². The Labute approximate surface area is 134 Å². The summed E-state index contributed by atoms with van der Waals surface area (Å²) in [7, 11) is 0. The van der Waals surface area contributed by atoms with Crippen LogP contribution in [0.15, 0.2) is 48.0 Å². The highest BCUT2D eigenvalue weighted by Gasteiger charge is 2.13. The Morgan fingerprint density at radius 2 is 2.09 bits per heavy atom. The van der Waals surface area contributed by atoms with Gasteiger partial charge in [-0.3, -0.25) is 9.78 Å². The van der Waals surface area contributed by atoms with Crippen LogP contribution in [0.3, 0.4) is 0 Å². The number of carbonyl (C=O) groups excluding carboxylic acids is 1. The number of aromatic nitrogens is 2. The van der Waals surface area contributed by atoms with Crippen molar-refractivity contribution < 1.29 is 13.6 Å². The summed E-state index contributed by atoms with van der Waals surface area (Å²) in [5, 5.41) is 5.04. The van der Waals surface area contributed by atoms with Crippen molar-refractivity contribution in [3.63, 3.8) is 0 Å². The van der Waals surface area contributed by atoms with Crippen molar-refractivity contribution in [2.75, 3.05) is 0 Å². The van der Waals surface area contributed by atoms with E-state index in [4.69, 9.17) is 0 Å². The average molecular weight is 331 g/mol. The molecule has 7 heteroatoms. The predicted molar refractivity (Wildman–Crippen MR) is 82.9 cm³/mol. The van der Waals surface area contributed by atoms with Gasteiger partial charge < -0.3 is 5.32 Å². The average Bonchev–Trinajstić information content (AvgIpc) is 3.05. The van der Waals surface area contributed by atoms with Gasteiger partial charge >= 0.3 is 0 Å². The second kappa shape index (κ2) is 6.62. The van der Waals surface area contributed by atoms with E-state index >= 15 is 0 Å². The summed E-state index contributed by atoms with van der Waals surface area (Å²) in [6.07, 6.45) is 1.67. The molecule has 4 nitrogen and oxygen atoms in total. The lowest BCUT2D eigenvalue weighted by Crippen LogP contribution is -2.24. The number of carbonyl (C=O) groups is 1. The van der Waals surface area contributed by atoms with Gasteiger partial charge in [-0.2, -0.15) is 0 Å². The molecule has 1 N–H and O–H groups in total. The molecule has 2 aromatic heterocycles. The Morgan fingerprint density at radius 1 is 1.22 bits per heavy atom. The fourth-order valence-corrected chi connectivity index (χ4v) is 2.73. The standard InChI is InChI=1S/C16H11F2N3OS/c17-10-4-5-13(18)12(7-10)15(22)20-8-11-9-23-16(21-11)14-3-1-2-6-19-14/h1-7,9H,8H2,(H,20,22). The van der Waals surface area contributed by atoms with E-state index in [-0.39, 0.29) is 12.1 Å². The number of nitrogens with one attached hydrogen (secondary N) is 1. The summed E-state index contributed by atoms with van der Waals surface area (Å²) in [5.41, 5.74) is 1.04. The first-order chi connectivity index (χ1) is 11.1. The highest BCUT2D eigenvalue weighted by atomic mass is 32.1. The molecular weight excluding hydrogens is 320 g/mol. The second-order valence-corrected chi connectivity index (χ2v) is 5.52. The highest BCUT2D eigenvalue weighted by molar-refractivity contribution is 7.13. The maximum atomic E-state index is 13.5. The number of hydrogen-bond acceptors (Lipinski definition) is 4. The van der Waals surface area contributed by atoms with Gasteiger partial charge in [0.25, 0.3) is 5.91 Å². The van der Waals surface area contributed by atoms with Crippen molar-refractivity contribution in [1.29, 1.82) is 0 Å². The highest BCUT2D eigenvalue weighted by Crippen LogP contribution is 2.21. The molecule has 0 fully saturated rings. The van der Waals surface area contributed by atoms with Crippen molar-refractivity contribution >= 4 is 17.2 Å². The third kappa shape index (κ3) is 3.57. The topological polar surface area (TPSA) is 54.9 Å². The lowest BCUT2D eigenvalue weighted by molar-refractivity contribution is 0.0946. The number of halogens is 2. The predicted octanol–water partition coefficient (Wildman–Crippen LogP) is 3.41. The fraction of sp³-hybridized carbons (Fsp3) is 0.0625. The normalized spacial score (nSPS) is 10.5. The molecular formula is C16H11F2N3OS. The minimum atomic E-state index is -0.767. The quantitative estimate of drug-likeness (QED) is 0.797. The largest absolute Gasteiger partial charge is 0.346 e. The minimum Gasteiger partial charge on any atom is -0.346 e. The monoisotopic (exact) mass is 331 g/mol. The van der Waals surface area contributed by atoms with Crippen LogP contribution in [0, 0.1) is 11.6 Å². The third-order valence-corrected chi connectivity index (χ3v) is 3.95. The van der Waals surface area contributed by atoms with E-state index in [2.05, 4.69) is 15.3 Å². The van der Waals surface area contributed by atoms with E-state index in [1.807, 2.05) is 18.2 Å². The lowest BCUT2D eigenvalue weighted by Gasteiger charge is -2.04. The van der Waals surface area contributed by atoms with Crippen LogP contribution in [0.1, 0.15) is 16.1 Å². The second-order valence-electron chi connectivity index (χ2n) is 4.67. The van der Waals surface area contributed by atoms with Gasteiger partial charge in [-0.1, -0.05) is 6.07 Å². The molecule has 0 bridgehead atoms. The van der Waals surface area contributed by atoms with E-state index in [0.29, 0.717) is 5.69 Å². The number of hydrogen-bond donors (Lipinski definition) is 1. The third-order valence-electron chi connectivity index (χ3n) is 3.04. The zero-order valence-corrected chi connectivity index (χ0v) is 12.6. The van der Waals surface area contributed by atoms with Gasteiger partial charge in [-0.25, -0.2) is 13.8 Å². The zero-order chi connectivity index (χ0) is 16.2. The van der Waals surface area contributed by atoms with Gasteiger partial charge in [0.2, 0.25) is 0 Å². The van der Waals surface area contributed by atoms with Crippen molar-refractivity contribution in [2.45, 2.75) is 6.54 Å². The molecule has 0 atom stereocenters. The molecule has 0 unspecified atom stereocenters. The Bertz CT molecular complexity index is 836. The lowest BCUT2D eigenvalue weighted by atomic mass is 10.2. The number of amides is 1. The number of nitrogens with zero attached hydrogens (tertiary/aromatic N) is 2. The molecule has 1 amide bonds. The molecule has 2 heterocycles. The van der Waals surface area contributed by atoms with Crippen LogP contribution in [0.4, 0.5) is 8.78 Å². The van der Waals surface area contributed by atoms with Crippen molar-refractivity contribution in [3.05, 3.63) is 70.9 Å². The molecule has 116 valence electrons. The van der Waals surface area contributed by atoms with Crippen LogP contribution in [-0.2, 0) is 6.54 Å². The Balaban J connectivity index is 1.68. The molecule has 0 aliphatic carbocycles. The number of pyridine rings is 1. The van der Waals surface area contributed by atoms with E-state index < -0.39 is 17.5 Å². The first kappa shape index (κ1) is 15.2. The minimum absolute atomic E-state index is 0.123.